The van der Waals surface area contributed by atoms with Gasteiger partial charge in [0.25, 0.3) is 0 Å². The third-order valence-corrected chi connectivity index (χ3v) is 5.33. The van der Waals surface area contributed by atoms with E-state index in [1.54, 1.807) is 18.2 Å². The Labute approximate surface area is 146 Å². The molecule has 0 saturated heterocycles. The van der Waals surface area contributed by atoms with Gasteiger partial charge < -0.3 is 4.74 Å². The van der Waals surface area contributed by atoms with Gasteiger partial charge in [-0.25, -0.2) is 13.1 Å². The highest BCUT2D eigenvalue weighted by Gasteiger charge is 2.16. The van der Waals surface area contributed by atoms with Crippen molar-refractivity contribution < 1.29 is 13.2 Å². The lowest BCUT2D eigenvalue weighted by molar-refractivity contribution is 0.306. The lowest BCUT2D eigenvalue weighted by atomic mass is 10.2. The SMILES string of the molecule is CCCCOc1cc(S(=O)(=O)NCc2ccccc2)ccc1Br. The van der Waals surface area contributed by atoms with Gasteiger partial charge in [-0.15, -0.1) is 0 Å². The first-order valence-corrected chi connectivity index (χ1v) is 9.76. The predicted molar refractivity (Wildman–Crippen MR) is 95.0 cm³/mol. The molecule has 0 aliphatic carbocycles. The largest absolute Gasteiger partial charge is 0.492 e. The van der Waals surface area contributed by atoms with E-state index in [1.807, 2.05) is 30.3 Å². The molecule has 0 unspecified atom stereocenters. The summed E-state index contributed by atoms with van der Waals surface area (Å²) in [4.78, 5) is 0.197. The zero-order valence-corrected chi connectivity index (χ0v) is 15.4. The molecule has 1 N–H and O–H groups in total. The van der Waals surface area contributed by atoms with Gasteiger partial charge in [0.15, 0.2) is 0 Å². The number of halogens is 1. The van der Waals surface area contributed by atoms with E-state index in [4.69, 9.17) is 4.74 Å². The van der Waals surface area contributed by atoms with E-state index in [-0.39, 0.29) is 11.4 Å². The molecule has 0 amide bonds. The van der Waals surface area contributed by atoms with Crippen molar-refractivity contribution in [3.05, 3.63) is 58.6 Å². The Morgan fingerprint density at radius 2 is 1.87 bits per heavy atom. The molecule has 2 aromatic rings. The summed E-state index contributed by atoms with van der Waals surface area (Å²) >= 11 is 3.38. The Bertz CT molecular complexity index is 733. The molecule has 0 spiro atoms. The van der Waals surface area contributed by atoms with Gasteiger partial charge in [0.05, 0.1) is 16.0 Å². The highest BCUT2D eigenvalue weighted by atomic mass is 79.9. The standard InChI is InChI=1S/C17H20BrNO3S/c1-2-3-11-22-17-12-15(9-10-16(17)18)23(20,21)19-13-14-7-5-4-6-8-14/h4-10,12,19H,2-3,11,13H2,1H3. The van der Waals surface area contributed by atoms with Crippen molar-refractivity contribution in [2.75, 3.05) is 6.61 Å². The van der Waals surface area contributed by atoms with E-state index in [0.717, 1.165) is 22.9 Å². The number of nitrogens with one attached hydrogen (secondary N) is 1. The molecular weight excluding hydrogens is 378 g/mol. The Balaban J connectivity index is 2.11. The molecule has 124 valence electrons. The Kier molecular flexibility index (Phi) is 6.62. The van der Waals surface area contributed by atoms with Crippen molar-refractivity contribution in [1.82, 2.24) is 4.72 Å². The number of hydrogen-bond acceptors (Lipinski definition) is 3. The minimum atomic E-state index is -3.58. The van der Waals surface area contributed by atoms with Crippen molar-refractivity contribution in [3.63, 3.8) is 0 Å². The van der Waals surface area contributed by atoms with Crippen molar-refractivity contribution in [1.29, 1.82) is 0 Å². The van der Waals surface area contributed by atoms with Crippen molar-refractivity contribution in [2.24, 2.45) is 0 Å². The van der Waals surface area contributed by atoms with Crippen LogP contribution in [0, 0.1) is 0 Å². The van der Waals surface area contributed by atoms with Gasteiger partial charge >= 0.3 is 0 Å². The van der Waals surface area contributed by atoms with Gasteiger partial charge in [0, 0.05) is 12.6 Å². The van der Waals surface area contributed by atoms with Crippen LogP contribution in [0.4, 0.5) is 0 Å². The maximum Gasteiger partial charge on any atom is 0.241 e. The maximum atomic E-state index is 12.4. The molecule has 0 radical (unpaired) electrons. The van der Waals surface area contributed by atoms with Crippen molar-refractivity contribution in [2.45, 2.75) is 31.2 Å². The summed E-state index contributed by atoms with van der Waals surface area (Å²) in [5, 5.41) is 0. The van der Waals surface area contributed by atoms with Crippen LogP contribution < -0.4 is 9.46 Å². The van der Waals surface area contributed by atoms with E-state index in [2.05, 4.69) is 27.6 Å². The lowest BCUT2D eigenvalue weighted by Crippen LogP contribution is -2.23. The van der Waals surface area contributed by atoms with Crippen LogP contribution >= 0.6 is 15.9 Å². The van der Waals surface area contributed by atoms with Crippen molar-refractivity contribution in [3.8, 4) is 5.75 Å². The minimum absolute atomic E-state index is 0.197. The summed E-state index contributed by atoms with van der Waals surface area (Å²) < 4.78 is 33.8. The highest BCUT2D eigenvalue weighted by molar-refractivity contribution is 9.10. The summed E-state index contributed by atoms with van der Waals surface area (Å²) in [6, 6.07) is 14.2. The van der Waals surface area contributed by atoms with Crippen LogP contribution in [0.15, 0.2) is 57.9 Å². The average Bonchev–Trinajstić information content (AvgIpc) is 2.56. The van der Waals surface area contributed by atoms with Crippen molar-refractivity contribution >= 4 is 26.0 Å². The van der Waals surface area contributed by atoms with Gasteiger partial charge in [0.1, 0.15) is 5.75 Å². The van der Waals surface area contributed by atoms with Gasteiger partial charge in [-0.05, 0) is 40.0 Å². The van der Waals surface area contributed by atoms with E-state index in [9.17, 15) is 8.42 Å². The van der Waals surface area contributed by atoms with Gasteiger partial charge in [0.2, 0.25) is 10.0 Å². The third kappa shape index (κ3) is 5.34. The molecule has 0 aliphatic rings. The number of rotatable bonds is 8. The molecule has 4 nitrogen and oxygen atoms in total. The molecule has 0 fully saturated rings. The Morgan fingerprint density at radius 3 is 2.57 bits per heavy atom. The second-order valence-corrected chi connectivity index (χ2v) is 7.73. The Hall–Kier alpha value is -1.37. The summed E-state index contributed by atoms with van der Waals surface area (Å²) in [6.07, 6.45) is 1.95. The normalized spacial score (nSPS) is 11.4. The predicted octanol–water partition coefficient (Wildman–Crippen LogP) is 4.11. The summed E-state index contributed by atoms with van der Waals surface area (Å²) in [5.74, 6) is 0.543. The molecule has 0 aromatic heterocycles. The number of sulfonamides is 1. The molecule has 0 saturated carbocycles. The van der Waals surface area contributed by atoms with Crippen LogP contribution in [0.1, 0.15) is 25.3 Å². The smallest absolute Gasteiger partial charge is 0.241 e. The molecular formula is C17H20BrNO3S. The van der Waals surface area contributed by atoms with E-state index < -0.39 is 10.0 Å². The highest BCUT2D eigenvalue weighted by Crippen LogP contribution is 2.28. The summed E-state index contributed by atoms with van der Waals surface area (Å²) in [6.45, 7) is 2.90. The second-order valence-electron chi connectivity index (χ2n) is 5.10. The monoisotopic (exact) mass is 397 g/mol. The fraction of sp³-hybridized carbons (Fsp3) is 0.294. The van der Waals surface area contributed by atoms with Crippen LogP contribution in [0.25, 0.3) is 0 Å². The lowest BCUT2D eigenvalue weighted by Gasteiger charge is -2.11. The first kappa shape index (κ1) is 18.0. The summed E-state index contributed by atoms with van der Waals surface area (Å²) in [7, 11) is -3.58. The maximum absolute atomic E-state index is 12.4. The third-order valence-electron chi connectivity index (χ3n) is 3.28. The molecule has 0 bridgehead atoms. The zero-order chi connectivity index (χ0) is 16.7. The Morgan fingerprint density at radius 1 is 1.13 bits per heavy atom. The van der Waals surface area contributed by atoms with Crippen LogP contribution in [-0.4, -0.2) is 15.0 Å². The number of hydrogen-bond donors (Lipinski definition) is 1. The molecule has 23 heavy (non-hydrogen) atoms. The molecule has 6 heteroatoms. The number of unbranched alkanes of at least 4 members (excludes halogenated alkanes) is 1. The molecule has 0 atom stereocenters. The van der Waals surface area contributed by atoms with Gasteiger partial charge in [-0.2, -0.15) is 0 Å². The molecule has 2 aromatic carbocycles. The number of ether oxygens (including phenoxy) is 1. The fourth-order valence-corrected chi connectivity index (χ4v) is 3.34. The minimum Gasteiger partial charge on any atom is -0.492 e. The van der Waals surface area contributed by atoms with Crippen LogP contribution in [-0.2, 0) is 16.6 Å². The average molecular weight is 398 g/mol. The fourth-order valence-electron chi connectivity index (χ4n) is 1.95. The van der Waals surface area contributed by atoms with E-state index in [0.29, 0.717) is 12.4 Å². The van der Waals surface area contributed by atoms with E-state index in [1.165, 1.54) is 0 Å². The van der Waals surface area contributed by atoms with Crippen LogP contribution in [0.5, 0.6) is 5.75 Å². The quantitative estimate of drug-likeness (QED) is 0.681. The van der Waals surface area contributed by atoms with Gasteiger partial charge in [-0.1, -0.05) is 43.7 Å². The first-order valence-electron chi connectivity index (χ1n) is 7.49. The van der Waals surface area contributed by atoms with Gasteiger partial charge in [-0.3, -0.25) is 0 Å². The number of benzene rings is 2. The summed E-state index contributed by atoms with van der Waals surface area (Å²) in [5.41, 5.74) is 0.910. The van der Waals surface area contributed by atoms with Crippen LogP contribution in [0.2, 0.25) is 0 Å². The first-order chi connectivity index (χ1) is 11.0. The molecule has 0 heterocycles. The molecule has 2 rings (SSSR count). The van der Waals surface area contributed by atoms with E-state index >= 15 is 0 Å². The zero-order valence-electron chi connectivity index (χ0n) is 13.0. The topological polar surface area (TPSA) is 55.4 Å². The second kappa shape index (κ2) is 8.47. The van der Waals surface area contributed by atoms with Crippen LogP contribution in [0.3, 0.4) is 0 Å². The molecule has 0 aliphatic heterocycles.